The summed E-state index contributed by atoms with van der Waals surface area (Å²) in [5.41, 5.74) is 1.43. The van der Waals surface area contributed by atoms with Crippen molar-refractivity contribution in [2.75, 3.05) is 7.11 Å². The van der Waals surface area contributed by atoms with Crippen molar-refractivity contribution in [1.29, 1.82) is 0 Å². The van der Waals surface area contributed by atoms with Crippen LogP contribution in [0.1, 0.15) is 12.5 Å². The molecule has 0 heterocycles. The molecule has 3 heteroatoms. The first-order valence-electron chi connectivity index (χ1n) is 4.24. The average Bonchev–Trinajstić information content (AvgIpc) is 2.17. The van der Waals surface area contributed by atoms with Crippen LogP contribution < -0.4 is 10.1 Å². The molecule has 0 aliphatic heterocycles. The van der Waals surface area contributed by atoms with E-state index in [1.54, 1.807) is 7.11 Å². The highest BCUT2D eigenvalue weighted by atomic mass is 16.5. The molecule has 0 radical (unpaired) electrons. The zero-order valence-electron chi connectivity index (χ0n) is 8.33. The SMILES string of the molecule is C=C(NC(C)=O)c1cccc(OC)c1. The number of methoxy groups -OCH3 is 1. The molecule has 1 rings (SSSR count). The Balaban J connectivity index is 2.84. The molecule has 14 heavy (non-hydrogen) atoms. The van der Waals surface area contributed by atoms with E-state index in [1.165, 1.54) is 6.92 Å². The molecule has 0 saturated heterocycles. The number of ether oxygens (including phenoxy) is 1. The fourth-order valence-electron chi connectivity index (χ4n) is 1.10. The van der Waals surface area contributed by atoms with Crippen LogP contribution in [0.15, 0.2) is 30.8 Å². The number of amides is 1. The van der Waals surface area contributed by atoms with Crippen LogP contribution in [-0.4, -0.2) is 13.0 Å². The van der Waals surface area contributed by atoms with E-state index in [1.807, 2.05) is 24.3 Å². The molecule has 1 amide bonds. The highest BCUT2D eigenvalue weighted by Crippen LogP contribution is 2.16. The van der Waals surface area contributed by atoms with Crippen LogP contribution in [0.25, 0.3) is 5.70 Å². The summed E-state index contributed by atoms with van der Waals surface area (Å²) in [6, 6.07) is 7.37. The third-order valence-corrected chi connectivity index (χ3v) is 1.75. The largest absolute Gasteiger partial charge is 0.497 e. The highest BCUT2D eigenvalue weighted by Gasteiger charge is 2.01. The maximum atomic E-state index is 10.8. The van der Waals surface area contributed by atoms with E-state index in [4.69, 9.17) is 4.74 Å². The molecule has 3 nitrogen and oxygen atoms in total. The standard InChI is InChI=1S/C11H13NO2/c1-8(12-9(2)13)10-5-4-6-11(7-10)14-3/h4-7H,1H2,2-3H3,(H,12,13). The smallest absolute Gasteiger partial charge is 0.221 e. The van der Waals surface area contributed by atoms with E-state index in [2.05, 4.69) is 11.9 Å². The molecule has 1 N–H and O–H groups in total. The first kappa shape index (κ1) is 10.3. The Morgan fingerprint density at radius 1 is 1.50 bits per heavy atom. The predicted molar refractivity (Wildman–Crippen MR) is 55.8 cm³/mol. The van der Waals surface area contributed by atoms with E-state index >= 15 is 0 Å². The van der Waals surface area contributed by atoms with Crippen molar-refractivity contribution in [2.45, 2.75) is 6.92 Å². The molecule has 0 atom stereocenters. The fraction of sp³-hybridized carbons (Fsp3) is 0.182. The molecule has 0 fully saturated rings. The summed E-state index contributed by atoms with van der Waals surface area (Å²) in [6.45, 7) is 5.20. The maximum absolute atomic E-state index is 10.8. The van der Waals surface area contributed by atoms with Gasteiger partial charge in [0.15, 0.2) is 0 Å². The van der Waals surface area contributed by atoms with Gasteiger partial charge in [0.1, 0.15) is 5.75 Å². The minimum atomic E-state index is -0.127. The number of carbonyl (C=O) groups is 1. The summed E-state index contributed by atoms with van der Waals surface area (Å²) in [6.07, 6.45) is 0. The zero-order valence-corrected chi connectivity index (χ0v) is 8.33. The van der Waals surface area contributed by atoms with Gasteiger partial charge in [0.05, 0.1) is 7.11 Å². The van der Waals surface area contributed by atoms with Gasteiger partial charge >= 0.3 is 0 Å². The van der Waals surface area contributed by atoms with Gasteiger partial charge in [-0.25, -0.2) is 0 Å². The third kappa shape index (κ3) is 2.62. The summed E-state index contributed by atoms with van der Waals surface area (Å²) in [5.74, 6) is 0.617. The van der Waals surface area contributed by atoms with Crippen LogP contribution in [0.5, 0.6) is 5.75 Å². The van der Waals surface area contributed by atoms with Gasteiger partial charge in [-0.15, -0.1) is 0 Å². The van der Waals surface area contributed by atoms with Gasteiger partial charge in [-0.05, 0) is 12.1 Å². The Morgan fingerprint density at radius 2 is 2.21 bits per heavy atom. The summed E-state index contributed by atoms with van der Waals surface area (Å²) < 4.78 is 5.06. The number of benzene rings is 1. The molecule has 0 aromatic heterocycles. The second kappa shape index (κ2) is 4.46. The van der Waals surface area contributed by atoms with E-state index in [-0.39, 0.29) is 5.91 Å². The molecule has 0 saturated carbocycles. The lowest BCUT2D eigenvalue weighted by atomic mass is 10.1. The molecule has 0 aliphatic rings. The molecular weight excluding hydrogens is 178 g/mol. The van der Waals surface area contributed by atoms with E-state index in [0.717, 1.165) is 11.3 Å². The van der Waals surface area contributed by atoms with Gasteiger partial charge in [0, 0.05) is 18.2 Å². The number of hydrogen-bond donors (Lipinski definition) is 1. The fourth-order valence-corrected chi connectivity index (χ4v) is 1.10. The van der Waals surface area contributed by atoms with Crippen LogP contribution >= 0.6 is 0 Å². The van der Waals surface area contributed by atoms with Crippen molar-refractivity contribution in [3.63, 3.8) is 0 Å². The van der Waals surface area contributed by atoms with Crippen LogP contribution in [0.3, 0.4) is 0 Å². The third-order valence-electron chi connectivity index (χ3n) is 1.75. The van der Waals surface area contributed by atoms with E-state index < -0.39 is 0 Å². The van der Waals surface area contributed by atoms with E-state index in [9.17, 15) is 4.79 Å². The van der Waals surface area contributed by atoms with Crippen LogP contribution in [0, 0.1) is 0 Å². The van der Waals surface area contributed by atoms with Gasteiger partial charge in [-0.1, -0.05) is 18.7 Å². The van der Waals surface area contributed by atoms with Crippen LogP contribution in [-0.2, 0) is 4.79 Å². The Bertz CT molecular complexity index is 358. The second-order valence-corrected chi connectivity index (χ2v) is 2.89. The quantitative estimate of drug-likeness (QED) is 0.791. The molecule has 0 bridgehead atoms. The summed E-state index contributed by atoms with van der Waals surface area (Å²) in [7, 11) is 1.60. The molecule has 0 aliphatic carbocycles. The first-order chi connectivity index (χ1) is 6.63. The maximum Gasteiger partial charge on any atom is 0.221 e. The average molecular weight is 191 g/mol. The second-order valence-electron chi connectivity index (χ2n) is 2.89. The van der Waals surface area contributed by atoms with Crippen LogP contribution in [0.4, 0.5) is 0 Å². The van der Waals surface area contributed by atoms with Gasteiger partial charge in [-0.2, -0.15) is 0 Å². The molecule has 1 aromatic rings. The van der Waals surface area contributed by atoms with Gasteiger partial charge in [0.2, 0.25) is 5.91 Å². The van der Waals surface area contributed by atoms with Gasteiger partial charge < -0.3 is 10.1 Å². The Labute approximate surface area is 83.4 Å². The molecule has 0 spiro atoms. The summed E-state index contributed by atoms with van der Waals surface area (Å²) in [5, 5.41) is 2.62. The lowest BCUT2D eigenvalue weighted by Gasteiger charge is -2.07. The van der Waals surface area contributed by atoms with Gasteiger partial charge in [0.25, 0.3) is 0 Å². The van der Waals surface area contributed by atoms with Crippen molar-refractivity contribution in [3.05, 3.63) is 36.4 Å². The number of hydrogen-bond acceptors (Lipinski definition) is 2. The highest BCUT2D eigenvalue weighted by molar-refractivity contribution is 5.84. The Kier molecular flexibility index (Phi) is 3.29. The summed E-state index contributed by atoms with van der Waals surface area (Å²) in [4.78, 5) is 10.8. The zero-order chi connectivity index (χ0) is 10.6. The van der Waals surface area contributed by atoms with Crippen molar-refractivity contribution in [2.24, 2.45) is 0 Å². The lowest BCUT2D eigenvalue weighted by Crippen LogP contribution is -2.17. The molecule has 1 aromatic carbocycles. The Morgan fingerprint density at radius 3 is 2.79 bits per heavy atom. The van der Waals surface area contributed by atoms with E-state index in [0.29, 0.717) is 5.70 Å². The van der Waals surface area contributed by atoms with Crippen molar-refractivity contribution in [1.82, 2.24) is 5.32 Å². The first-order valence-corrected chi connectivity index (χ1v) is 4.24. The van der Waals surface area contributed by atoms with Crippen molar-refractivity contribution in [3.8, 4) is 5.75 Å². The van der Waals surface area contributed by atoms with Gasteiger partial charge in [-0.3, -0.25) is 4.79 Å². The lowest BCUT2D eigenvalue weighted by molar-refractivity contribution is -0.117. The van der Waals surface area contributed by atoms with Crippen molar-refractivity contribution >= 4 is 11.6 Å². The topological polar surface area (TPSA) is 38.3 Å². The monoisotopic (exact) mass is 191 g/mol. The minimum absolute atomic E-state index is 0.127. The van der Waals surface area contributed by atoms with Crippen LogP contribution in [0.2, 0.25) is 0 Å². The number of rotatable bonds is 3. The predicted octanol–water partition coefficient (Wildman–Crippen LogP) is 1.80. The number of carbonyl (C=O) groups excluding carboxylic acids is 1. The minimum Gasteiger partial charge on any atom is -0.497 e. The molecular formula is C11H13NO2. The number of nitrogens with one attached hydrogen (secondary N) is 1. The molecule has 0 unspecified atom stereocenters. The summed E-state index contributed by atoms with van der Waals surface area (Å²) >= 11 is 0. The normalized spacial score (nSPS) is 9.29. The Hall–Kier alpha value is -1.77. The van der Waals surface area contributed by atoms with Crippen molar-refractivity contribution < 1.29 is 9.53 Å². The molecule has 74 valence electrons.